The summed E-state index contributed by atoms with van der Waals surface area (Å²) < 4.78 is 5.59. The van der Waals surface area contributed by atoms with Crippen molar-refractivity contribution in [3.63, 3.8) is 0 Å². The van der Waals surface area contributed by atoms with Gasteiger partial charge in [0.15, 0.2) is 0 Å². The molecule has 0 fully saturated rings. The van der Waals surface area contributed by atoms with Crippen LogP contribution in [0.15, 0.2) is 24.4 Å². The monoisotopic (exact) mass is 325 g/mol. The predicted molar refractivity (Wildman–Crippen MR) is 85.3 cm³/mol. The van der Waals surface area contributed by atoms with Gasteiger partial charge in [-0.3, -0.25) is 0 Å². The Morgan fingerprint density at radius 2 is 2.00 bits per heavy atom. The maximum Gasteiger partial charge on any atom is 0.322 e. The van der Waals surface area contributed by atoms with Gasteiger partial charge in [0.2, 0.25) is 0 Å². The maximum absolute atomic E-state index is 5.95. The highest BCUT2D eigenvalue weighted by molar-refractivity contribution is 6.42. The van der Waals surface area contributed by atoms with Crippen molar-refractivity contribution in [1.82, 2.24) is 15.3 Å². The zero-order valence-corrected chi connectivity index (χ0v) is 13.7. The SMILES string of the molecule is Cc1nc(Oc2ccc(Cl)c(Cl)c2)ncc1CNC(C)C. The molecule has 4 nitrogen and oxygen atoms in total. The lowest BCUT2D eigenvalue weighted by atomic mass is 10.2. The molecule has 1 aromatic carbocycles. The van der Waals surface area contributed by atoms with Gasteiger partial charge in [-0.05, 0) is 19.1 Å². The highest BCUT2D eigenvalue weighted by atomic mass is 35.5. The first-order valence-electron chi connectivity index (χ1n) is 6.64. The van der Waals surface area contributed by atoms with Crippen LogP contribution >= 0.6 is 23.2 Å². The van der Waals surface area contributed by atoms with Crippen LogP contribution in [0.1, 0.15) is 25.1 Å². The molecule has 2 rings (SSSR count). The minimum atomic E-state index is 0.291. The van der Waals surface area contributed by atoms with Crippen molar-refractivity contribution in [2.24, 2.45) is 0 Å². The van der Waals surface area contributed by atoms with Gasteiger partial charge in [0, 0.05) is 36.1 Å². The van der Waals surface area contributed by atoms with Gasteiger partial charge in [-0.2, -0.15) is 4.98 Å². The average Bonchev–Trinajstić information content (AvgIpc) is 2.42. The number of nitrogens with zero attached hydrogens (tertiary/aromatic N) is 2. The summed E-state index contributed by atoms with van der Waals surface area (Å²) in [6, 6.07) is 5.74. The number of aryl methyl sites for hydroxylation is 1. The Morgan fingerprint density at radius 3 is 2.62 bits per heavy atom. The number of benzene rings is 1. The van der Waals surface area contributed by atoms with E-state index in [0.717, 1.165) is 17.8 Å². The van der Waals surface area contributed by atoms with E-state index >= 15 is 0 Å². The van der Waals surface area contributed by atoms with E-state index in [-0.39, 0.29) is 0 Å². The fourth-order valence-corrected chi connectivity index (χ4v) is 1.94. The van der Waals surface area contributed by atoms with Crippen molar-refractivity contribution >= 4 is 23.2 Å². The number of rotatable bonds is 5. The number of hydrogen-bond acceptors (Lipinski definition) is 4. The Labute approximate surface area is 134 Å². The summed E-state index contributed by atoms with van der Waals surface area (Å²) in [6.45, 7) is 6.85. The second-order valence-electron chi connectivity index (χ2n) is 4.98. The number of aromatic nitrogens is 2. The molecule has 0 saturated carbocycles. The standard InChI is InChI=1S/C15H17Cl2N3O/c1-9(2)18-7-11-8-19-15(20-10(11)3)21-12-4-5-13(16)14(17)6-12/h4-6,8-9,18H,7H2,1-3H3. The Morgan fingerprint density at radius 1 is 1.24 bits per heavy atom. The molecule has 21 heavy (non-hydrogen) atoms. The van der Waals surface area contributed by atoms with E-state index in [1.807, 2.05) is 6.92 Å². The minimum absolute atomic E-state index is 0.291. The Kier molecular flexibility index (Phi) is 5.39. The van der Waals surface area contributed by atoms with Gasteiger partial charge in [0.05, 0.1) is 10.0 Å². The summed E-state index contributed by atoms with van der Waals surface area (Å²) in [6.07, 6.45) is 1.77. The molecule has 0 aliphatic rings. The third-order valence-electron chi connectivity index (χ3n) is 2.86. The summed E-state index contributed by atoms with van der Waals surface area (Å²) in [7, 11) is 0. The molecule has 0 atom stereocenters. The third-order valence-corrected chi connectivity index (χ3v) is 3.60. The van der Waals surface area contributed by atoms with E-state index in [0.29, 0.717) is 27.8 Å². The van der Waals surface area contributed by atoms with Crippen LogP contribution in [0.25, 0.3) is 0 Å². The normalized spacial score (nSPS) is 11.0. The van der Waals surface area contributed by atoms with Gasteiger partial charge in [-0.1, -0.05) is 37.0 Å². The zero-order valence-electron chi connectivity index (χ0n) is 12.2. The lowest BCUT2D eigenvalue weighted by molar-refractivity contribution is 0.438. The first-order chi connectivity index (χ1) is 9.95. The van der Waals surface area contributed by atoms with Crippen LogP contribution in [0.2, 0.25) is 10.0 Å². The summed E-state index contributed by atoms with van der Waals surface area (Å²) in [5.74, 6) is 0.553. The van der Waals surface area contributed by atoms with Crippen molar-refractivity contribution in [3.05, 3.63) is 45.7 Å². The topological polar surface area (TPSA) is 47.0 Å². The minimum Gasteiger partial charge on any atom is -0.424 e. The van der Waals surface area contributed by atoms with Gasteiger partial charge < -0.3 is 10.1 Å². The van der Waals surface area contributed by atoms with E-state index in [4.69, 9.17) is 27.9 Å². The fourth-order valence-electron chi connectivity index (χ4n) is 1.65. The zero-order chi connectivity index (χ0) is 15.4. The van der Waals surface area contributed by atoms with E-state index in [1.54, 1.807) is 24.4 Å². The van der Waals surface area contributed by atoms with Gasteiger partial charge >= 0.3 is 6.01 Å². The molecule has 0 saturated heterocycles. The molecule has 6 heteroatoms. The van der Waals surface area contributed by atoms with Crippen LogP contribution < -0.4 is 10.1 Å². The first-order valence-corrected chi connectivity index (χ1v) is 7.40. The van der Waals surface area contributed by atoms with Crippen LogP contribution in [0.5, 0.6) is 11.8 Å². The summed E-state index contributed by atoms with van der Waals surface area (Å²) in [5.41, 5.74) is 1.93. The number of ether oxygens (including phenoxy) is 1. The fraction of sp³-hybridized carbons (Fsp3) is 0.333. The molecule has 2 aromatic rings. The molecule has 0 unspecified atom stereocenters. The molecule has 1 aromatic heterocycles. The molecule has 1 heterocycles. The maximum atomic E-state index is 5.95. The van der Waals surface area contributed by atoms with Gasteiger partial charge in [0.25, 0.3) is 0 Å². The van der Waals surface area contributed by atoms with Crippen LogP contribution in [-0.4, -0.2) is 16.0 Å². The highest BCUT2D eigenvalue weighted by Gasteiger charge is 2.07. The number of hydrogen-bond donors (Lipinski definition) is 1. The first kappa shape index (κ1) is 16.0. The van der Waals surface area contributed by atoms with Crippen molar-refractivity contribution in [2.75, 3.05) is 0 Å². The predicted octanol–water partition coefficient (Wildman–Crippen LogP) is 4.38. The second-order valence-corrected chi connectivity index (χ2v) is 5.79. The van der Waals surface area contributed by atoms with E-state index < -0.39 is 0 Å². The lowest BCUT2D eigenvalue weighted by Crippen LogP contribution is -2.22. The lowest BCUT2D eigenvalue weighted by Gasteiger charge is -2.11. The Balaban J connectivity index is 2.10. The summed E-state index contributed by atoms with van der Waals surface area (Å²) in [5, 5.41) is 4.25. The molecular weight excluding hydrogens is 309 g/mol. The molecule has 1 N–H and O–H groups in total. The van der Waals surface area contributed by atoms with E-state index in [2.05, 4.69) is 29.1 Å². The summed E-state index contributed by atoms with van der Waals surface area (Å²) >= 11 is 11.8. The molecule has 0 aliphatic carbocycles. The molecule has 0 bridgehead atoms. The molecular formula is C15H17Cl2N3O. The van der Waals surface area contributed by atoms with Crippen molar-refractivity contribution in [3.8, 4) is 11.8 Å². The van der Waals surface area contributed by atoms with Crippen LogP contribution in [0, 0.1) is 6.92 Å². The van der Waals surface area contributed by atoms with Crippen LogP contribution in [0.4, 0.5) is 0 Å². The average molecular weight is 326 g/mol. The molecule has 112 valence electrons. The van der Waals surface area contributed by atoms with E-state index in [9.17, 15) is 0 Å². The quantitative estimate of drug-likeness (QED) is 0.886. The van der Waals surface area contributed by atoms with Gasteiger partial charge in [-0.25, -0.2) is 4.98 Å². The Bertz CT molecular complexity index is 632. The van der Waals surface area contributed by atoms with Crippen molar-refractivity contribution in [2.45, 2.75) is 33.4 Å². The van der Waals surface area contributed by atoms with Crippen LogP contribution in [0.3, 0.4) is 0 Å². The van der Waals surface area contributed by atoms with E-state index in [1.165, 1.54) is 0 Å². The number of halogens is 2. The molecule has 0 radical (unpaired) electrons. The van der Waals surface area contributed by atoms with Crippen LogP contribution in [-0.2, 0) is 6.54 Å². The molecule has 0 amide bonds. The van der Waals surface area contributed by atoms with Gasteiger partial charge in [0.1, 0.15) is 5.75 Å². The molecule has 0 spiro atoms. The Hall–Kier alpha value is -1.36. The highest BCUT2D eigenvalue weighted by Crippen LogP contribution is 2.28. The van der Waals surface area contributed by atoms with Gasteiger partial charge in [-0.15, -0.1) is 0 Å². The number of nitrogens with one attached hydrogen (secondary N) is 1. The largest absolute Gasteiger partial charge is 0.424 e. The van der Waals surface area contributed by atoms with Crippen molar-refractivity contribution in [1.29, 1.82) is 0 Å². The second kappa shape index (κ2) is 7.07. The molecule has 0 aliphatic heterocycles. The third kappa shape index (κ3) is 4.56. The van der Waals surface area contributed by atoms with Crippen molar-refractivity contribution < 1.29 is 4.74 Å². The smallest absolute Gasteiger partial charge is 0.322 e. The summed E-state index contributed by atoms with van der Waals surface area (Å²) in [4.78, 5) is 8.56.